The van der Waals surface area contributed by atoms with E-state index in [1.807, 2.05) is 0 Å². The predicted octanol–water partition coefficient (Wildman–Crippen LogP) is 3.51. The van der Waals surface area contributed by atoms with Crippen LogP contribution in [0.15, 0.2) is 46.9 Å². The first-order valence-electron chi connectivity index (χ1n) is 9.69. The Bertz CT molecular complexity index is 1140. The maximum atomic E-state index is 13.5. The van der Waals surface area contributed by atoms with E-state index in [1.54, 1.807) is 37.3 Å². The molecule has 1 N–H and O–H groups in total. The van der Waals surface area contributed by atoms with E-state index < -0.39 is 23.1 Å². The van der Waals surface area contributed by atoms with E-state index in [-0.39, 0.29) is 30.8 Å². The molecule has 0 bridgehead atoms. The Hall–Kier alpha value is -3.10. The van der Waals surface area contributed by atoms with Gasteiger partial charge in [-0.15, -0.1) is 10.2 Å². The average molecular weight is 444 g/mol. The largest absolute Gasteiger partial charge is 0.421 e. The van der Waals surface area contributed by atoms with Gasteiger partial charge in [0.15, 0.2) is 5.78 Å². The lowest BCUT2D eigenvalue weighted by Crippen LogP contribution is -2.47. The van der Waals surface area contributed by atoms with Crippen LogP contribution in [-0.2, 0) is 16.0 Å². The highest BCUT2D eigenvalue weighted by Crippen LogP contribution is 2.32. The van der Waals surface area contributed by atoms with Gasteiger partial charge in [0.2, 0.25) is 17.4 Å². The van der Waals surface area contributed by atoms with E-state index in [2.05, 4.69) is 10.2 Å². The number of nitrogens with zero attached hydrogens (tertiary/aromatic N) is 3. The van der Waals surface area contributed by atoms with E-state index >= 15 is 0 Å². The van der Waals surface area contributed by atoms with Crippen LogP contribution in [0.25, 0.3) is 11.5 Å². The van der Waals surface area contributed by atoms with Gasteiger partial charge in [-0.3, -0.25) is 9.59 Å². The zero-order valence-electron chi connectivity index (χ0n) is 16.6. The molecule has 2 heterocycles. The molecule has 160 valence electrons. The van der Waals surface area contributed by atoms with Gasteiger partial charge in [0.05, 0.1) is 0 Å². The normalized spacial score (nSPS) is 18.6. The Morgan fingerprint density at radius 1 is 1.29 bits per heavy atom. The fourth-order valence-corrected chi connectivity index (χ4v) is 3.89. The van der Waals surface area contributed by atoms with Crippen LogP contribution < -0.4 is 4.90 Å². The Balaban J connectivity index is 1.49. The van der Waals surface area contributed by atoms with Gasteiger partial charge in [-0.2, -0.15) is 0 Å². The van der Waals surface area contributed by atoms with Gasteiger partial charge in [-0.1, -0.05) is 17.7 Å². The number of carbonyl (C=O) groups is 2. The second-order valence-corrected chi connectivity index (χ2v) is 7.88. The molecule has 1 saturated heterocycles. The number of carbonyl (C=O) groups excluding carboxylic acids is 2. The number of aliphatic hydroxyl groups is 1. The van der Waals surface area contributed by atoms with Crippen molar-refractivity contribution in [3.8, 4) is 11.5 Å². The second kappa shape index (κ2) is 8.20. The summed E-state index contributed by atoms with van der Waals surface area (Å²) in [5, 5.41) is 18.8. The minimum absolute atomic E-state index is 0.0293. The van der Waals surface area contributed by atoms with Gasteiger partial charge in [0.25, 0.3) is 5.91 Å². The lowest BCUT2D eigenvalue weighted by Gasteiger charge is -2.21. The number of hydrogen-bond acceptors (Lipinski definition) is 6. The summed E-state index contributed by atoms with van der Waals surface area (Å²) in [6.45, 7) is 1.85. The molecule has 1 aliphatic heterocycles. The van der Waals surface area contributed by atoms with Crippen LogP contribution in [-0.4, -0.2) is 39.1 Å². The van der Waals surface area contributed by atoms with Gasteiger partial charge >= 0.3 is 0 Å². The van der Waals surface area contributed by atoms with Gasteiger partial charge in [-0.05, 0) is 48.4 Å². The maximum absolute atomic E-state index is 13.5. The third-order valence-corrected chi connectivity index (χ3v) is 5.47. The molecule has 1 atom stereocenters. The smallest absolute Gasteiger partial charge is 0.266 e. The van der Waals surface area contributed by atoms with Crippen molar-refractivity contribution in [1.82, 2.24) is 10.2 Å². The first-order chi connectivity index (χ1) is 14.8. The Labute approximate surface area is 182 Å². The van der Waals surface area contributed by atoms with Crippen molar-refractivity contribution in [3.63, 3.8) is 0 Å². The molecule has 1 aromatic heterocycles. The van der Waals surface area contributed by atoms with Crippen molar-refractivity contribution >= 4 is 29.0 Å². The van der Waals surface area contributed by atoms with Crippen LogP contribution in [0.2, 0.25) is 5.02 Å². The van der Waals surface area contributed by atoms with E-state index in [9.17, 15) is 19.1 Å². The van der Waals surface area contributed by atoms with Crippen LogP contribution in [0.1, 0.15) is 24.3 Å². The molecule has 0 spiro atoms. The summed E-state index contributed by atoms with van der Waals surface area (Å²) in [5.41, 5.74) is -0.463. The van der Waals surface area contributed by atoms with Crippen molar-refractivity contribution in [3.05, 3.63) is 64.8 Å². The van der Waals surface area contributed by atoms with Crippen LogP contribution in [0.4, 0.5) is 10.1 Å². The van der Waals surface area contributed by atoms with Crippen molar-refractivity contribution in [1.29, 1.82) is 0 Å². The molecule has 1 unspecified atom stereocenters. The summed E-state index contributed by atoms with van der Waals surface area (Å²) < 4.78 is 18.9. The standard InChI is InChI=1S/C22H19ClFN3O4/c1-13-25-26-20(31-13)15-3-2-4-18(11-15)27-8-7-22(30,21(27)29)19(28)6-5-14-9-16(23)12-17(24)10-14/h2-4,9-12,30H,5-8H2,1H3. The number of Topliss-reactive ketones (excluding diaryl/α,β-unsaturated/α-hetero) is 1. The number of hydrogen-bond donors (Lipinski definition) is 1. The van der Waals surface area contributed by atoms with E-state index in [4.69, 9.17) is 16.0 Å². The van der Waals surface area contributed by atoms with Gasteiger partial charge in [0.1, 0.15) is 5.82 Å². The van der Waals surface area contributed by atoms with Crippen LogP contribution in [0, 0.1) is 12.7 Å². The molecule has 31 heavy (non-hydrogen) atoms. The number of halogens is 2. The number of ketones is 1. The zero-order chi connectivity index (χ0) is 22.2. The average Bonchev–Trinajstić information content (AvgIpc) is 3.30. The van der Waals surface area contributed by atoms with E-state index in [0.717, 1.165) is 0 Å². The summed E-state index contributed by atoms with van der Waals surface area (Å²) in [6, 6.07) is 10.9. The SMILES string of the molecule is Cc1nnc(-c2cccc(N3CCC(O)(C(=O)CCc4cc(F)cc(Cl)c4)C3=O)c2)o1. The molecule has 3 aromatic rings. The lowest BCUT2D eigenvalue weighted by atomic mass is 9.92. The third kappa shape index (κ3) is 4.22. The number of aromatic nitrogens is 2. The van der Waals surface area contributed by atoms with Crippen LogP contribution in [0.3, 0.4) is 0 Å². The van der Waals surface area contributed by atoms with E-state index in [1.165, 1.54) is 17.0 Å². The molecule has 9 heteroatoms. The van der Waals surface area contributed by atoms with Crippen molar-refractivity contribution in [2.45, 2.75) is 31.8 Å². The van der Waals surface area contributed by atoms with Crippen LogP contribution in [0.5, 0.6) is 0 Å². The molecule has 1 aliphatic rings. The quantitative estimate of drug-likeness (QED) is 0.585. The van der Waals surface area contributed by atoms with Crippen LogP contribution >= 0.6 is 11.6 Å². The summed E-state index contributed by atoms with van der Waals surface area (Å²) in [4.78, 5) is 27.1. The predicted molar refractivity (Wildman–Crippen MR) is 111 cm³/mol. The van der Waals surface area contributed by atoms with Gasteiger partial charge in [-0.25, -0.2) is 4.39 Å². The first-order valence-corrected chi connectivity index (χ1v) is 10.1. The number of rotatable bonds is 6. The van der Waals surface area contributed by atoms with Crippen molar-refractivity contribution in [2.75, 3.05) is 11.4 Å². The summed E-state index contributed by atoms with van der Waals surface area (Å²) in [5.74, 6) is -1.07. The topological polar surface area (TPSA) is 96.5 Å². The highest BCUT2D eigenvalue weighted by molar-refractivity contribution is 6.30. The number of aryl methyl sites for hydroxylation is 2. The third-order valence-electron chi connectivity index (χ3n) is 5.25. The van der Waals surface area contributed by atoms with Gasteiger partial charge in [0, 0.05) is 42.6 Å². The maximum Gasteiger partial charge on any atom is 0.266 e. The Morgan fingerprint density at radius 3 is 2.81 bits per heavy atom. The molecule has 0 aliphatic carbocycles. The summed E-state index contributed by atoms with van der Waals surface area (Å²) in [7, 11) is 0. The second-order valence-electron chi connectivity index (χ2n) is 7.44. The molecule has 1 amide bonds. The summed E-state index contributed by atoms with van der Waals surface area (Å²) in [6.07, 6.45) is 0.0214. The first kappa shape index (κ1) is 21.1. The molecule has 0 saturated carbocycles. The monoisotopic (exact) mass is 443 g/mol. The summed E-state index contributed by atoms with van der Waals surface area (Å²) >= 11 is 5.84. The van der Waals surface area contributed by atoms with Crippen molar-refractivity contribution in [2.24, 2.45) is 0 Å². The number of benzene rings is 2. The molecule has 2 aromatic carbocycles. The number of anilines is 1. The van der Waals surface area contributed by atoms with Gasteiger partial charge < -0.3 is 14.4 Å². The minimum Gasteiger partial charge on any atom is -0.421 e. The molecular formula is C22H19ClFN3O4. The lowest BCUT2D eigenvalue weighted by molar-refractivity contribution is -0.147. The fourth-order valence-electron chi connectivity index (χ4n) is 3.65. The highest BCUT2D eigenvalue weighted by atomic mass is 35.5. The zero-order valence-corrected chi connectivity index (χ0v) is 17.4. The van der Waals surface area contributed by atoms with E-state index in [0.29, 0.717) is 28.6 Å². The molecule has 4 rings (SSSR count). The van der Waals surface area contributed by atoms with Crippen molar-refractivity contribution < 1.29 is 23.5 Å². The number of amides is 1. The fraction of sp³-hybridized carbons (Fsp3) is 0.273. The molecule has 1 fully saturated rings. The Morgan fingerprint density at radius 2 is 2.10 bits per heavy atom. The highest BCUT2D eigenvalue weighted by Gasteiger charge is 2.50. The Kier molecular flexibility index (Phi) is 5.60. The molecule has 7 nitrogen and oxygen atoms in total. The molecule has 0 radical (unpaired) electrons. The molecular weight excluding hydrogens is 425 g/mol. The minimum atomic E-state index is -2.12.